The van der Waals surface area contributed by atoms with Gasteiger partial charge in [0.1, 0.15) is 0 Å². The van der Waals surface area contributed by atoms with Gasteiger partial charge in [-0.15, -0.1) is 0 Å². The topological polar surface area (TPSA) is 63.2 Å². The highest BCUT2D eigenvalue weighted by Crippen LogP contribution is 2.34. The first-order valence-electron chi connectivity index (χ1n) is 10.3. The van der Waals surface area contributed by atoms with E-state index < -0.39 is 0 Å². The molecule has 1 N–H and O–H groups in total. The van der Waals surface area contributed by atoms with E-state index in [4.69, 9.17) is 4.74 Å². The lowest BCUT2D eigenvalue weighted by atomic mass is 9.89. The van der Waals surface area contributed by atoms with Crippen LogP contribution in [0.1, 0.15) is 34.8 Å². The molecule has 0 aliphatic carbocycles. The van der Waals surface area contributed by atoms with Crippen molar-refractivity contribution < 1.29 is 9.53 Å². The first kappa shape index (κ1) is 18.5. The molecular formula is C24H24N4O2. The van der Waals surface area contributed by atoms with Crippen LogP contribution in [0.3, 0.4) is 0 Å². The molecule has 3 heterocycles. The largest absolute Gasteiger partial charge is 0.493 e. The number of amides is 1. The molecule has 1 aliphatic rings. The molecule has 0 spiro atoms. The average Bonchev–Trinajstić information content (AvgIpc) is 3.44. The van der Waals surface area contributed by atoms with Crippen LogP contribution in [0.4, 0.5) is 0 Å². The summed E-state index contributed by atoms with van der Waals surface area (Å²) in [5, 5.41) is 5.81. The summed E-state index contributed by atoms with van der Waals surface area (Å²) in [6.07, 6.45) is 5.77. The third kappa shape index (κ3) is 3.24. The van der Waals surface area contributed by atoms with Crippen molar-refractivity contribution in [3.63, 3.8) is 0 Å². The fourth-order valence-corrected chi connectivity index (χ4v) is 4.34. The summed E-state index contributed by atoms with van der Waals surface area (Å²) < 4.78 is 7.15. The SMILES string of the molecule is COc1cn(-c2ccccc2)nc1C(=O)N1CCC(c2c[nH]c3ccccc23)CC1. The number of para-hydroxylation sites is 2. The van der Waals surface area contributed by atoms with E-state index in [1.54, 1.807) is 18.0 Å². The van der Waals surface area contributed by atoms with Crippen molar-refractivity contribution in [2.45, 2.75) is 18.8 Å². The number of hydrogen-bond donors (Lipinski definition) is 1. The van der Waals surface area contributed by atoms with E-state index in [9.17, 15) is 4.79 Å². The van der Waals surface area contributed by atoms with Gasteiger partial charge in [-0.1, -0.05) is 36.4 Å². The molecule has 6 heteroatoms. The fraction of sp³-hybridized carbons (Fsp3) is 0.250. The summed E-state index contributed by atoms with van der Waals surface area (Å²) in [7, 11) is 1.58. The Morgan fingerprint density at radius 3 is 2.57 bits per heavy atom. The molecule has 2 aromatic heterocycles. The highest BCUT2D eigenvalue weighted by Gasteiger charge is 2.29. The van der Waals surface area contributed by atoms with Gasteiger partial charge in [0, 0.05) is 30.2 Å². The summed E-state index contributed by atoms with van der Waals surface area (Å²) in [6.45, 7) is 1.43. The van der Waals surface area contributed by atoms with Crippen LogP contribution >= 0.6 is 0 Å². The first-order chi connectivity index (χ1) is 14.7. The fourth-order valence-electron chi connectivity index (χ4n) is 4.34. The molecule has 1 amide bonds. The normalized spacial score (nSPS) is 14.9. The number of carbonyl (C=O) groups excluding carboxylic acids is 1. The van der Waals surface area contributed by atoms with Crippen molar-refractivity contribution >= 4 is 16.8 Å². The van der Waals surface area contributed by atoms with Crippen LogP contribution in [0.15, 0.2) is 67.0 Å². The number of piperidine rings is 1. The number of carbonyl (C=O) groups is 1. The summed E-state index contributed by atoms with van der Waals surface area (Å²) in [5.74, 6) is 0.885. The third-order valence-corrected chi connectivity index (χ3v) is 5.97. The Morgan fingerprint density at radius 1 is 1.07 bits per heavy atom. The second-order valence-corrected chi connectivity index (χ2v) is 7.68. The number of nitrogens with one attached hydrogen (secondary N) is 1. The van der Waals surface area contributed by atoms with Crippen LogP contribution in [-0.4, -0.2) is 45.8 Å². The minimum Gasteiger partial charge on any atom is -0.493 e. The van der Waals surface area contributed by atoms with Gasteiger partial charge in [0.25, 0.3) is 5.91 Å². The monoisotopic (exact) mass is 400 g/mol. The number of likely N-dealkylation sites (tertiary alicyclic amines) is 1. The first-order valence-corrected chi connectivity index (χ1v) is 10.3. The van der Waals surface area contributed by atoms with Crippen LogP contribution in [-0.2, 0) is 0 Å². The van der Waals surface area contributed by atoms with E-state index in [2.05, 4.69) is 34.5 Å². The predicted molar refractivity (Wildman–Crippen MR) is 116 cm³/mol. The molecule has 1 aliphatic heterocycles. The van der Waals surface area contributed by atoms with Gasteiger partial charge in [-0.25, -0.2) is 4.68 Å². The molecule has 0 unspecified atom stereocenters. The minimum absolute atomic E-state index is 0.0705. The van der Waals surface area contributed by atoms with Gasteiger partial charge in [0.05, 0.1) is 19.0 Å². The Balaban J connectivity index is 1.33. The van der Waals surface area contributed by atoms with Gasteiger partial charge >= 0.3 is 0 Å². The van der Waals surface area contributed by atoms with Crippen LogP contribution in [0.25, 0.3) is 16.6 Å². The van der Waals surface area contributed by atoms with E-state index in [0.29, 0.717) is 30.5 Å². The number of H-pyrrole nitrogens is 1. The van der Waals surface area contributed by atoms with Gasteiger partial charge in [-0.05, 0) is 42.5 Å². The van der Waals surface area contributed by atoms with Crippen molar-refractivity contribution in [2.75, 3.05) is 20.2 Å². The van der Waals surface area contributed by atoms with Crippen molar-refractivity contribution in [2.24, 2.45) is 0 Å². The highest BCUT2D eigenvalue weighted by atomic mass is 16.5. The van der Waals surface area contributed by atoms with Crippen molar-refractivity contribution in [1.29, 1.82) is 0 Å². The maximum Gasteiger partial charge on any atom is 0.278 e. The van der Waals surface area contributed by atoms with Crippen molar-refractivity contribution in [3.05, 3.63) is 78.2 Å². The van der Waals surface area contributed by atoms with Gasteiger partial charge in [0.2, 0.25) is 0 Å². The highest BCUT2D eigenvalue weighted by molar-refractivity contribution is 5.95. The molecule has 0 bridgehead atoms. The zero-order valence-electron chi connectivity index (χ0n) is 16.9. The predicted octanol–water partition coefficient (Wildman–Crippen LogP) is 4.38. The average molecular weight is 400 g/mol. The number of aromatic amines is 1. The molecule has 0 radical (unpaired) electrons. The summed E-state index contributed by atoms with van der Waals surface area (Å²) in [5.41, 5.74) is 3.78. The molecule has 6 nitrogen and oxygen atoms in total. The summed E-state index contributed by atoms with van der Waals surface area (Å²) in [6, 6.07) is 18.1. The Kier molecular flexibility index (Phi) is 4.75. The smallest absolute Gasteiger partial charge is 0.278 e. The molecule has 1 saturated heterocycles. The molecule has 0 saturated carbocycles. The number of fused-ring (bicyclic) bond motifs is 1. The number of aromatic nitrogens is 3. The van der Waals surface area contributed by atoms with Gasteiger partial charge in [-0.3, -0.25) is 4.79 Å². The second-order valence-electron chi connectivity index (χ2n) is 7.68. The lowest BCUT2D eigenvalue weighted by Gasteiger charge is -2.31. The Hall–Kier alpha value is -3.54. The van der Waals surface area contributed by atoms with Crippen LogP contribution in [0.2, 0.25) is 0 Å². The van der Waals surface area contributed by atoms with E-state index in [-0.39, 0.29) is 5.91 Å². The minimum atomic E-state index is -0.0705. The van der Waals surface area contributed by atoms with E-state index in [1.165, 1.54) is 16.5 Å². The molecule has 0 atom stereocenters. The van der Waals surface area contributed by atoms with Gasteiger partial charge in [0.15, 0.2) is 11.4 Å². The number of nitrogens with zero attached hydrogens (tertiary/aromatic N) is 3. The maximum absolute atomic E-state index is 13.2. The van der Waals surface area contributed by atoms with Crippen LogP contribution < -0.4 is 4.74 Å². The Labute approximate surface area is 175 Å². The summed E-state index contributed by atoms with van der Waals surface area (Å²) >= 11 is 0. The van der Waals surface area contributed by atoms with E-state index >= 15 is 0 Å². The zero-order valence-corrected chi connectivity index (χ0v) is 16.9. The second kappa shape index (κ2) is 7.71. The van der Waals surface area contributed by atoms with Crippen LogP contribution in [0, 0.1) is 0 Å². The molecule has 152 valence electrons. The molecule has 30 heavy (non-hydrogen) atoms. The van der Waals surface area contributed by atoms with Gasteiger partial charge in [-0.2, -0.15) is 5.10 Å². The third-order valence-electron chi connectivity index (χ3n) is 5.97. The quantitative estimate of drug-likeness (QED) is 0.553. The standard InChI is InChI=1S/C24H24N4O2/c1-30-22-16-28(18-7-3-2-4-8-18)26-23(22)24(29)27-13-11-17(12-14-27)20-15-25-21-10-6-5-9-19(20)21/h2-10,15-17,25H,11-14H2,1H3. The zero-order chi connectivity index (χ0) is 20.5. The summed E-state index contributed by atoms with van der Waals surface area (Å²) in [4.78, 5) is 18.5. The Morgan fingerprint density at radius 2 is 1.80 bits per heavy atom. The number of ether oxygens (including phenoxy) is 1. The molecule has 1 fully saturated rings. The maximum atomic E-state index is 13.2. The number of rotatable bonds is 4. The molecule has 5 rings (SSSR count). The molecule has 4 aromatic rings. The molecule has 2 aromatic carbocycles. The van der Waals surface area contributed by atoms with Crippen LogP contribution in [0.5, 0.6) is 5.75 Å². The van der Waals surface area contributed by atoms with Crippen molar-refractivity contribution in [3.8, 4) is 11.4 Å². The Bertz CT molecular complexity index is 1170. The molecular weight excluding hydrogens is 376 g/mol. The number of benzene rings is 2. The van der Waals surface area contributed by atoms with Gasteiger partial charge < -0.3 is 14.6 Å². The van der Waals surface area contributed by atoms with Crippen molar-refractivity contribution in [1.82, 2.24) is 19.7 Å². The number of methoxy groups -OCH3 is 1. The lowest BCUT2D eigenvalue weighted by molar-refractivity contribution is 0.0703. The lowest BCUT2D eigenvalue weighted by Crippen LogP contribution is -2.38. The van der Waals surface area contributed by atoms with E-state index in [1.807, 2.05) is 41.3 Å². The van der Waals surface area contributed by atoms with E-state index in [0.717, 1.165) is 18.5 Å². The number of hydrogen-bond acceptors (Lipinski definition) is 3.